The Balaban J connectivity index is 2.45. The zero-order valence-corrected chi connectivity index (χ0v) is 11.6. The van der Waals surface area contributed by atoms with Gasteiger partial charge in [0.05, 0.1) is 6.61 Å². The van der Waals surface area contributed by atoms with Gasteiger partial charge in [-0.25, -0.2) is 0 Å². The highest BCUT2D eigenvalue weighted by molar-refractivity contribution is 8.01. The summed E-state index contributed by atoms with van der Waals surface area (Å²) in [6, 6.07) is 0. The molecule has 0 aliphatic heterocycles. The molecule has 1 heterocycles. The predicted molar refractivity (Wildman–Crippen MR) is 69.0 cm³/mol. The van der Waals surface area contributed by atoms with Crippen LogP contribution in [0.25, 0.3) is 0 Å². The van der Waals surface area contributed by atoms with Crippen LogP contribution < -0.4 is 5.32 Å². The summed E-state index contributed by atoms with van der Waals surface area (Å²) in [5.74, 6) is 0. The van der Waals surface area contributed by atoms with Crippen LogP contribution in [-0.2, 0) is 0 Å². The molecule has 0 radical (unpaired) electrons. The Hall–Kier alpha value is -0.170. The second-order valence-corrected chi connectivity index (χ2v) is 6.61. The summed E-state index contributed by atoms with van der Waals surface area (Å²) in [6.07, 6.45) is 0.904. The fraction of sp³-hybridized carbons (Fsp3) is 0.800. The molecule has 0 aromatic carbocycles. The molecule has 0 bridgehead atoms. The van der Waals surface area contributed by atoms with Crippen LogP contribution in [0, 0.1) is 0 Å². The van der Waals surface area contributed by atoms with Crippen LogP contribution >= 0.6 is 23.1 Å². The molecule has 1 rings (SSSR count). The van der Waals surface area contributed by atoms with Crippen LogP contribution in [-0.4, -0.2) is 39.2 Å². The van der Waals surface area contributed by atoms with Crippen molar-refractivity contribution >= 4 is 23.1 Å². The first-order valence-corrected chi connectivity index (χ1v) is 7.14. The summed E-state index contributed by atoms with van der Waals surface area (Å²) in [6.45, 7) is 7.27. The third-order valence-electron chi connectivity index (χ3n) is 2.33. The number of aromatic nitrogens is 2. The molecular weight excluding hydrogens is 242 g/mol. The molecular formula is C10H19N3OS2. The smallest absolute Gasteiger partial charge is 0.174 e. The van der Waals surface area contributed by atoms with E-state index in [1.165, 1.54) is 0 Å². The number of nitrogens with zero attached hydrogens (tertiary/aromatic N) is 2. The van der Waals surface area contributed by atoms with Gasteiger partial charge in [-0.1, -0.05) is 36.9 Å². The molecule has 4 nitrogen and oxygen atoms in total. The van der Waals surface area contributed by atoms with Crippen molar-refractivity contribution in [3.63, 3.8) is 0 Å². The monoisotopic (exact) mass is 261 g/mol. The number of hydrogen-bond donors (Lipinski definition) is 2. The van der Waals surface area contributed by atoms with Crippen molar-refractivity contribution in [2.24, 2.45) is 0 Å². The molecule has 0 spiro atoms. The van der Waals surface area contributed by atoms with Crippen LogP contribution in [0.4, 0.5) is 0 Å². The molecule has 0 saturated carbocycles. The van der Waals surface area contributed by atoms with E-state index in [-0.39, 0.29) is 12.1 Å². The van der Waals surface area contributed by atoms with E-state index in [0.717, 1.165) is 17.3 Å². The Labute approximate surface area is 105 Å². The Morgan fingerprint density at radius 3 is 2.94 bits per heavy atom. The van der Waals surface area contributed by atoms with Gasteiger partial charge in [-0.2, -0.15) is 0 Å². The minimum absolute atomic E-state index is 0.155. The third-order valence-corrected chi connectivity index (χ3v) is 4.25. The SMILES string of the molecule is CCNC(C)(CO)CC(C)Sc1nncs1. The lowest BCUT2D eigenvalue weighted by Crippen LogP contribution is -2.47. The molecule has 1 aromatic heterocycles. The zero-order chi connectivity index (χ0) is 12.0. The van der Waals surface area contributed by atoms with Crippen LogP contribution in [0.1, 0.15) is 27.2 Å². The average Bonchev–Trinajstić information content (AvgIpc) is 2.70. The number of aliphatic hydroxyl groups is 1. The number of hydrogen-bond acceptors (Lipinski definition) is 6. The Kier molecular flexibility index (Phi) is 5.68. The second kappa shape index (κ2) is 6.54. The second-order valence-electron chi connectivity index (χ2n) is 4.09. The van der Waals surface area contributed by atoms with Crippen LogP contribution in [0.15, 0.2) is 9.85 Å². The Morgan fingerprint density at radius 1 is 1.69 bits per heavy atom. The molecule has 2 N–H and O–H groups in total. The molecule has 0 saturated heterocycles. The van der Waals surface area contributed by atoms with Crippen molar-refractivity contribution < 1.29 is 5.11 Å². The largest absolute Gasteiger partial charge is 0.394 e. The Bertz CT molecular complexity index is 294. The van der Waals surface area contributed by atoms with Crippen molar-refractivity contribution in [1.29, 1.82) is 0 Å². The van der Waals surface area contributed by atoms with Gasteiger partial charge >= 0.3 is 0 Å². The van der Waals surface area contributed by atoms with Crippen molar-refractivity contribution in [2.45, 2.75) is 42.3 Å². The van der Waals surface area contributed by atoms with E-state index in [9.17, 15) is 5.11 Å². The predicted octanol–water partition coefficient (Wildman–Crippen LogP) is 1.77. The van der Waals surface area contributed by atoms with Crippen molar-refractivity contribution in [3.8, 4) is 0 Å². The van der Waals surface area contributed by atoms with E-state index in [0.29, 0.717) is 5.25 Å². The highest BCUT2D eigenvalue weighted by Crippen LogP contribution is 2.29. The molecule has 0 amide bonds. The summed E-state index contributed by atoms with van der Waals surface area (Å²) in [5.41, 5.74) is 1.54. The summed E-state index contributed by atoms with van der Waals surface area (Å²) in [4.78, 5) is 0. The number of aliphatic hydroxyl groups excluding tert-OH is 1. The first kappa shape index (κ1) is 13.9. The normalized spacial score (nSPS) is 17.0. The number of thioether (sulfide) groups is 1. The van der Waals surface area contributed by atoms with Crippen LogP contribution in [0.2, 0.25) is 0 Å². The summed E-state index contributed by atoms with van der Waals surface area (Å²) < 4.78 is 0.990. The van der Waals surface area contributed by atoms with Gasteiger partial charge in [0.1, 0.15) is 5.51 Å². The summed E-state index contributed by atoms with van der Waals surface area (Å²) >= 11 is 3.27. The number of likely N-dealkylation sites (N-methyl/N-ethyl adjacent to an activating group) is 1. The quantitative estimate of drug-likeness (QED) is 0.733. The molecule has 0 fully saturated rings. The topological polar surface area (TPSA) is 58.0 Å². The minimum atomic E-state index is -0.203. The molecule has 92 valence electrons. The lowest BCUT2D eigenvalue weighted by Gasteiger charge is -2.30. The first-order valence-electron chi connectivity index (χ1n) is 5.38. The van der Waals surface area contributed by atoms with Crippen molar-refractivity contribution in [2.75, 3.05) is 13.2 Å². The van der Waals surface area contributed by atoms with E-state index in [1.807, 2.05) is 6.92 Å². The highest BCUT2D eigenvalue weighted by atomic mass is 32.2. The summed E-state index contributed by atoms with van der Waals surface area (Å²) in [7, 11) is 0. The maximum absolute atomic E-state index is 9.39. The third kappa shape index (κ3) is 4.37. The molecule has 2 unspecified atom stereocenters. The van der Waals surface area contributed by atoms with Crippen LogP contribution in [0.3, 0.4) is 0 Å². The number of nitrogens with one attached hydrogen (secondary N) is 1. The highest BCUT2D eigenvalue weighted by Gasteiger charge is 2.25. The van der Waals surface area contributed by atoms with Gasteiger partial charge in [-0.05, 0) is 19.9 Å². The molecule has 16 heavy (non-hydrogen) atoms. The van der Waals surface area contributed by atoms with Gasteiger partial charge in [0.25, 0.3) is 0 Å². The maximum Gasteiger partial charge on any atom is 0.174 e. The van der Waals surface area contributed by atoms with Gasteiger partial charge < -0.3 is 10.4 Å². The zero-order valence-electron chi connectivity index (χ0n) is 9.93. The summed E-state index contributed by atoms with van der Waals surface area (Å²) in [5, 5.41) is 20.9. The molecule has 2 atom stereocenters. The maximum atomic E-state index is 9.39. The van der Waals surface area contributed by atoms with Crippen molar-refractivity contribution in [3.05, 3.63) is 5.51 Å². The van der Waals surface area contributed by atoms with E-state index in [2.05, 4.69) is 29.4 Å². The van der Waals surface area contributed by atoms with E-state index in [4.69, 9.17) is 0 Å². The molecule has 6 heteroatoms. The van der Waals surface area contributed by atoms with Gasteiger partial charge in [0, 0.05) is 10.8 Å². The molecule has 0 aliphatic rings. The average molecular weight is 261 g/mol. The fourth-order valence-corrected chi connectivity index (χ4v) is 3.69. The first-order chi connectivity index (χ1) is 7.59. The lowest BCUT2D eigenvalue weighted by molar-refractivity contribution is 0.168. The van der Waals surface area contributed by atoms with Gasteiger partial charge in [-0.15, -0.1) is 10.2 Å². The van der Waals surface area contributed by atoms with Gasteiger partial charge in [0.2, 0.25) is 0 Å². The minimum Gasteiger partial charge on any atom is -0.394 e. The van der Waals surface area contributed by atoms with E-state index < -0.39 is 0 Å². The van der Waals surface area contributed by atoms with Crippen molar-refractivity contribution in [1.82, 2.24) is 15.5 Å². The fourth-order valence-electron chi connectivity index (χ4n) is 1.68. The molecule has 1 aromatic rings. The van der Waals surface area contributed by atoms with E-state index >= 15 is 0 Å². The molecule has 0 aliphatic carbocycles. The standard InChI is InChI=1S/C10H19N3OS2/c1-4-11-10(3,6-14)5-8(2)16-9-13-12-7-15-9/h7-8,11,14H,4-6H2,1-3H3. The van der Waals surface area contributed by atoms with Gasteiger partial charge in [-0.3, -0.25) is 0 Å². The Morgan fingerprint density at radius 2 is 2.44 bits per heavy atom. The number of rotatable bonds is 7. The lowest BCUT2D eigenvalue weighted by atomic mass is 9.97. The van der Waals surface area contributed by atoms with Crippen LogP contribution in [0.5, 0.6) is 0 Å². The van der Waals surface area contributed by atoms with Gasteiger partial charge in [0.15, 0.2) is 4.34 Å². The van der Waals surface area contributed by atoms with E-state index in [1.54, 1.807) is 28.6 Å².